The van der Waals surface area contributed by atoms with Gasteiger partial charge < -0.3 is 5.32 Å². The van der Waals surface area contributed by atoms with E-state index in [9.17, 15) is 4.79 Å². The van der Waals surface area contributed by atoms with Crippen LogP contribution >= 0.6 is 11.6 Å². The number of aryl methyl sites for hydroxylation is 1. The smallest absolute Gasteiger partial charge is 0.222 e. The highest BCUT2D eigenvalue weighted by molar-refractivity contribution is 6.30. The van der Waals surface area contributed by atoms with Crippen LogP contribution in [0, 0.1) is 23.7 Å². The number of amides is 1. The van der Waals surface area contributed by atoms with Crippen molar-refractivity contribution in [1.82, 2.24) is 15.1 Å². The average Bonchev–Trinajstić information content (AvgIpc) is 2.85. The van der Waals surface area contributed by atoms with Crippen LogP contribution in [0.4, 0.5) is 0 Å². The molecule has 1 heterocycles. The average molecular weight is 308 g/mol. The van der Waals surface area contributed by atoms with Crippen LogP contribution in [0.5, 0.6) is 0 Å². The number of nitrogens with zero attached hydrogens (tertiary/aromatic N) is 2. The van der Waals surface area contributed by atoms with Crippen molar-refractivity contribution < 1.29 is 4.79 Å². The lowest BCUT2D eigenvalue weighted by molar-refractivity contribution is -0.125. The molecule has 1 aromatic heterocycles. The summed E-state index contributed by atoms with van der Waals surface area (Å²) >= 11 is 5.83. The molecule has 0 unspecified atom stereocenters. The maximum Gasteiger partial charge on any atom is 0.222 e. The van der Waals surface area contributed by atoms with Gasteiger partial charge in [-0.15, -0.1) is 0 Å². The highest BCUT2D eigenvalue weighted by atomic mass is 35.5. The topological polar surface area (TPSA) is 46.9 Å². The lowest BCUT2D eigenvalue weighted by atomic mass is 9.54. The zero-order valence-electron chi connectivity index (χ0n) is 12.2. The lowest BCUT2D eigenvalue weighted by Gasteiger charge is -2.54. The molecule has 1 N–H and O–H groups in total. The fourth-order valence-electron chi connectivity index (χ4n) is 5.10. The second-order valence-electron chi connectivity index (χ2n) is 7.20. The zero-order chi connectivity index (χ0) is 14.4. The van der Waals surface area contributed by atoms with Crippen molar-refractivity contribution in [3.8, 4) is 0 Å². The number of halogens is 1. The Labute approximate surface area is 130 Å². The summed E-state index contributed by atoms with van der Waals surface area (Å²) in [6.45, 7) is 0.603. The van der Waals surface area contributed by atoms with Gasteiger partial charge in [0.2, 0.25) is 5.91 Å². The van der Waals surface area contributed by atoms with Gasteiger partial charge in [-0.3, -0.25) is 9.48 Å². The number of rotatable bonds is 4. The van der Waals surface area contributed by atoms with Crippen LogP contribution in [0.2, 0.25) is 5.02 Å². The fourth-order valence-corrected chi connectivity index (χ4v) is 5.25. The van der Waals surface area contributed by atoms with E-state index in [0.717, 1.165) is 23.7 Å². The van der Waals surface area contributed by atoms with E-state index >= 15 is 0 Å². The minimum absolute atomic E-state index is 0.166. The summed E-state index contributed by atoms with van der Waals surface area (Å²) in [7, 11) is 0. The molecule has 4 saturated carbocycles. The third-order valence-corrected chi connectivity index (χ3v) is 5.92. The predicted octanol–water partition coefficient (Wildman–Crippen LogP) is 2.87. The fraction of sp³-hybridized carbons (Fsp3) is 0.750. The molecule has 0 radical (unpaired) electrons. The Morgan fingerprint density at radius 1 is 1.24 bits per heavy atom. The van der Waals surface area contributed by atoms with Crippen molar-refractivity contribution in [3.05, 3.63) is 17.4 Å². The van der Waals surface area contributed by atoms with Crippen LogP contribution in [0.25, 0.3) is 0 Å². The van der Waals surface area contributed by atoms with Crippen molar-refractivity contribution in [1.29, 1.82) is 0 Å². The Balaban J connectivity index is 1.32. The first kappa shape index (κ1) is 13.6. The molecule has 4 aliphatic rings. The molecule has 0 spiro atoms. The molecule has 5 rings (SSSR count). The van der Waals surface area contributed by atoms with E-state index in [0.29, 0.717) is 24.0 Å². The van der Waals surface area contributed by atoms with Gasteiger partial charge in [-0.2, -0.15) is 5.10 Å². The molecular formula is C16H22ClN3O. The molecule has 5 heteroatoms. The van der Waals surface area contributed by atoms with Crippen LogP contribution in [0.3, 0.4) is 0 Å². The molecule has 0 saturated heterocycles. The summed E-state index contributed by atoms with van der Waals surface area (Å²) in [5.41, 5.74) is 0. The molecule has 4 aliphatic carbocycles. The van der Waals surface area contributed by atoms with Crippen molar-refractivity contribution in [3.63, 3.8) is 0 Å². The number of carbonyl (C=O) groups is 1. The highest BCUT2D eigenvalue weighted by Gasteiger charge is 2.48. The second kappa shape index (κ2) is 5.31. The summed E-state index contributed by atoms with van der Waals surface area (Å²) in [6.07, 6.45) is 10.7. The van der Waals surface area contributed by atoms with Gasteiger partial charge in [0.15, 0.2) is 0 Å². The van der Waals surface area contributed by atoms with Gasteiger partial charge in [0, 0.05) is 25.2 Å². The minimum atomic E-state index is 0.166. The Morgan fingerprint density at radius 3 is 2.48 bits per heavy atom. The normalized spacial score (nSPS) is 36.9. The summed E-state index contributed by atoms with van der Waals surface area (Å²) in [6, 6.07) is 0.437. The molecule has 4 nitrogen and oxygen atoms in total. The SMILES string of the molecule is O=C(CCn1cc(Cl)cn1)NC1C2CC3CC(C2)CC1C3. The maximum absolute atomic E-state index is 12.2. The standard InChI is InChI=1S/C16H22ClN3O/c17-14-8-18-20(9-14)2-1-15(21)19-16-12-4-10-3-11(6-12)7-13(16)5-10/h8-13,16H,1-7H2,(H,19,21). The zero-order valence-corrected chi connectivity index (χ0v) is 12.9. The van der Waals surface area contributed by atoms with Gasteiger partial charge in [0.25, 0.3) is 0 Å². The number of nitrogens with one attached hydrogen (secondary N) is 1. The summed E-state index contributed by atoms with van der Waals surface area (Å²) < 4.78 is 1.73. The highest BCUT2D eigenvalue weighted by Crippen LogP contribution is 2.53. The number of hydrogen-bond acceptors (Lipinski definition) is 2. The minimum Gasteiger partial charge on any atom is -0.353 e. The van der Waals surface area contributed by atoms with Crippen LogP contribution in [-0.2, 0) is 11.3 Å². The number of carbonyl (C=O) groups excluding carboxylic acids is 1. The van der Waals surface area contributed by atoms with E-state index < -0.39 is 0 Å². The molecule has 0 aliphatic heterocycles. The largest absolute Gasteiger partial charge is 0.353 e. The Kier molecular flexibility index (Phi) is 3.44. The molecule has 1 amide bonds. The summed E-state index contributed by atoms with van der Waals surface area (Å²) in [5, 5.41) is 8.06. The summed E-state index contributed by atoms with van der Waals surface area (Å²) in [5.74, 6) is 3.55. The number of aromatic nitrogens is 2. The molecule has 4 fully saturated rings. The van der Waals surface area contributed by atoms with Crippen molar-refractivity contribution in [2.45, 2.75) is 51.1 Å². The van der Waals surface area contributed by atoms with E-state index in [-0.39, 0.29) is 5.91 Å². The van der Waals surface area contributed by atoms with Crippen molar-refractivity contribution in [2.24, 2.45) is 23.7 Å². The molecule has 4 bridgehead atoms. The molecule has 0 atom stereocenters. The molecule has 114 valence electrons. The first-order valence-corrected chi connectivity index (χ1v) is 8.52. The monoisotopic (exact) mass is 307 g/mol. The van der Waals surface area contributed by atoms with Gasteiger partial charge in [-0.05, 0) is 55.8 Å². The Bertz CT molecular complexity index is 513. The first-order valence-electron chi connectivity index (χ1n) is 8.14. The van der Waals surface area contributed by atoms with Gasteiger partial charge in [0.1, 0.15) is 0 Å². The molecule has 1 aromatic rings. The third-order valence-electron chi connectivity index (χ3n) is 5.72. The van der Waals surface area contributed by atoms with E-state index in [1.165, 1.54) is 32.1 Å². The second-order valence-corrected chi connectivity index (χ2v) is 7.63. The van der Waals surface area contributed by atoms with Gasteiger partial charge in [-0.25, -0.2) is 0 Å². The molecule has 21 heavy (non-hydrogen) atoms. The van der Waals surface area contributed by atoms with E-state index in [2.05, 4.69) is 10.4 Å². The molecular weight excluding hydrogens is 286 g/mol. The van der Waals surface area contributed by atoms with Gasteiger partial charge in [-0.1, -0.05) is 11.6 Å². The van der Waals surface area contributed by atoms with Crippen molar-refractivity contribution >= 4 is 17.5 Å². The number of hydrogen-bond donors (Lipinski definition) is 1. The van der Waals surface area contributed by atoms with Crippen molar-refractivity contribution in [2.75, 3.05) is 0 Å². The maximum atomic E-state index is 12.2. The van der Waals surface area contributed by atoms with Crippen LogP contribution in [0.15, 0.2) is 12.4 Å². The summed E-state index contributed by atoms with van der Waals surface area (Å²) in [4.78, 5) is 12.2. The van der Waals surface area contributed by atoms with Crippen LogP contribution < -0.4 is 5.32 Å². The van der Waals surface area contributed by atoms with E-state index in [1.54, 1.807) is 17.1 Å². The first-order chi connectivity index (χ1) is 10.2. The lowest BCUT2D eigenvalue weighted by Crippen LogP contribution is -2.55. The Morgan fingerprint density at radius 2 is 1.90 bits per heavy atom. The molecule has 0 aromatic carbocycles. The van der Waals surface area contributed by atoms with E-state index in [4.69, 9.17) is 11.6 Å². The van der Waals surface area contributed by atoms with Gasteiger partial charge in [0.05, 0.1) is 11.2 Å². The van der Waals surface area contributed by atoms with E-state index in [1.807, 2.05) is 0 Å². The quantitative estimate of drug-likeness (QED) is 0.930. The Hall–Kier alpha value is -1.03. The van der Waals surface area contributed by atoms with Crippen LogP contribution in [-0.4, -0.2) is 21.7 Å². The third kappa shape index (κ3) is 2.70. The van der Waals surface area contributed by atoms with Gasteiger partial charge >= 0.3 is 0 Å². The van der Waals surface area contributed by atoms with Crippen LogP contribution in [0.1, 0.15) is 38.5 Å². The predicted molar refractivity (Wildman–Crippen MR) is 80.8 cm³/mol.